The average molecular weight is 295 g/mol. The molecule has 0 spiro atoms. The van der Waals surface area contributed by atoms with E-state index in [0.717, 1.165) is 16.8 Å². The molecule has 0 fully saturated rings. The maximum absolute atomic E-state index is 13.0. The smallest absolute Gasteiger partial charge is 0.253 e. The molecule has 19 heavy (non-hydrogen) atoms. The van der Waals surface area contributed by atoms with E-state index in [4.69, 9.17) is 4.52 Å². The number of hydrogen-bond acceptors (Lipinski definition) is 4. The maximum Gasteiger partial charge on any atom is 0.253 e. The first-order chi connectivity index (χ1) is 9.10. The van der Waals surface area contributed by atoms with Crippen molar-refractivity contribution >= 4 is 29.5 Å². The lowest BCUT2D eigenvalue weighted by atomic mass is 10.4. The van der Waals surface area contributed by atoms with Crippen LogP contribution in [0.3, 0.4) is 0 Å². The van der Waals surface area contributed by atoms with Gasteiger partial charge in [0, 0.05) is 11.7 Å². The van der Waals surface area contributed by atoms with E-state index in [1.165, 1.54) is 0 Å². The number of aliphatic imine (C=N–C) groups is 1. The molecular weight excluding hydrogens is 277 g/mol. The van der Waals surface area contributed by atoms with Crippen LogP contribution in [-0.2, 0) is 9.09 Å². The Labute approximate surface area is 118 Å². The summed E-state index contributed by atoms with van der Waals surface area (Å²) in [5.74, 6) is 0. The lowest BCUT2D eigenvalue weighted by molar-refractivity contribution is 0.249. The Hall–Kier alpha value is -0.830. The van der Waals surface area contributed by atoms with Crippen molar-refractivity contribution in [1.29, 1.82) is 0 Å². The first-order valence-corrected chi connectivity index (χ1v) is 8.97. The predicted octanol–water partition coefficient (Wildman–Crippen LogP) is 4.02. The highest BCUT2D eigenvalue weighted by Gasteiger charge is 2.27. The molecule has 1 aliphatic heterocycles. The van der Waals surface area contributed by atoms with Gasteiger partial charge >= 0.3 is 0 Å². The zero-order chi connectivity index (χ0) is 13.7. The van der Waals surface area contributed by atoms with Crippen LogP contribution in [0.1, 0.15) is 20.3 Å². The Balaban J connectivity index is 2.20. The van der Waals surface area contributed by atoms with Gasteiger partial charge in [-0.2, -0.15) is 0 Å². The summed E-state index contributed by atoms with van der Waals surface area (Å²) in [6.45, 7) is 3.79. The van der Waals surface area contributed by atoms with Gasteiger partial charge in [0.05, 0.1) is 11.1 Å². The number of rotatable bonds is 5. The molecule has 1 heterocycles. The Morgan fingerprint density at radius 1 is 1.37 bits per heavy atom. The number of thioether (sulfide) groups is 1. The van der Waals surface area contributed by atoms with Crippen molar-refractivity contribution in [1.82, 2.24) is 0 Å². The summed E-state index contributed by atoms with van der Waals surface area (Å²) in [6, 6.07) is 9.37. The summed E-state index contributed by atoms with van der Waals surface area (Å²) in [6.07, 6.45) is 3.03. The molecule has 0 aliphatic carbocycles. The van der Waals surface area contributed by atoms with Crippen LogP contribution in [0.15, 0.2) is 46.8 Å². The number of benzene rings is 1. The summed E-state index contributed by atoms with van der Waals surface area (Å²) in [4.78, 5) is 4.45. The average Bonchev–Trinajstić information content (AvgIpc) is 2.90. The van der Waals surface area contributed by atoms with Gasteiger partial charge in [-0.3, -0.25) is 9.56 Å². The highest BCUT2D eigenvalue weighted by atomic mass is 32.2. The molecule has 1 atom stereocenters. The summed E-state index contributed by atoms with van der Waals surface area (Å²) < 4.78 is 18.7. The van der Waals surface area contributed by atoms with Gasteiger partial charge in [0.1, 0.15) is 6.29 Å². The standard InChI is InChI=1S/C14H18NO2PS/c1-12(2)17-18(16,13-7-4-3-5-8-13)11-15-14-9-6-10-19-14/h3-8,10,12H,9,11H2,1-2H3/b15-14-. The number of hydrogen-bond donors (Lipinski definition) is 0. The van der Waals surface area contributed by atoms with Crippen LogP contribution in [-0.4, -0.2) is 17.4 Å². The number of nitrogens with zero attached hydrogens (tertiary/aromatic N) is 1. The van der Waals surface area contributed by atoms with Gasteiger partial charge in [0.25, 0.3) is 7.37 Å². The molecule has 0 radical (unpaired) electrons. The fraction of sp³-hybridized carbons (Fsp3) is 0.357. The summed E-state index contributed by atoms with van der Waals surface area (Å²) in [5.41, 5.74) is 0. The second-order valence-electron chi connectivity index (χ2n) is 4.55. The Bertz CT molecular complexity index is 516. The van der Waals surface area contributed by atoms with Gasteiger partial charge in [-0.05, 0) is 31.4 Å². The zero-order valence-corrected chi connectivity index (χ0v) is 12.9. The van der Waals surface area contributed by atoms with Crippen LogP contribution in [0.5, 0.6) is 0 Å². The third-order valence-electron chi connectivity index (χ3n) is 2.56. The normalized spacial score (nSPS) is 20.1. The number of allylic oxidation sites excluding steroid dienone is 1. The van der Waals surface area contributed by atoms with E-state index >= 15 is 0 Å². The zero-order valence-electron chi connectivity index (χ0n) is 11.2. The van der Waals surface area contributed by atoms with Crippen LogP contribution >= 0.6 is 19.1 Å². The van der Waals surface area contributed by atoms with E-state index in [2.05, 4.69) is 11.1 Å². The second kappa shape index (κ2) is 6.56. The second-order valence-corrected chi connectivity index (χ2v) is 7.89. The monoisotopic (exact) mass is 295 g/mol. The quantitative estimate of drug-likeness (QED) is 0.770. The lowest BCUT2D eigenvalue weighted by Gasteiger charge is -2.19. The molecule has 0 bridgehead atoms. The van der Waals surface area contributed by atoms with E-state index in [1.54, 1.807) is 11.8 Å². The highest BCUT2D eigenvalue weighted by molar-refractivity contribution is 8.16. The molecule has 102 valence electrons. The minimum atomic E-state index is -2.91. The minimum Gasteiger partial charge on any atom is -0.321 e. The molecule has 3 nitrogen and oxygen atoms in total. The van der Waals surface area contributed by atoms with Gasteiger partial charge in [-0.25, -0.2) is 0 Å². The van der Waals surface area contributed by atoms with Gasteiger partial charge in [-0.15, -0.1) is 0 Å². The third kappa shape index (κ3) is 4.07. The van der Waals surface area contributed by atoms with Crippen molar-refractivity contribution in [3.63, 3.8) is 0 Å². The van der Waals surface area contributed by atoms with Crippen molar-refractivity contribution in [3.8, 4) is 0 Å². The van der Waals surface area contributed by atoms with Gasteiger partial charge in [-0.1, -0.05) is 36.0 Å². The molecule has 2 rings (SSSR count). The molecule has 1 unspecified atom stereocenters. The molecule has 0 N–H and O–H groups in total. The van der Waals surface area contributed by atoms with Crippen LogP contribution in [0.25, 0.3) is 0 Å². The summed E-state index contributed by atoms with van der Waals surface area (Å²) in [5, 5.41) is 3.75. The van der Waals surface area contributed by atoms with E-state index in [9.17, 15) is 4.57 Å². The van der Waals surface area contributed by atoms with Crippen molar-refractivity contribution < 1.29 is 9.09 Å². The van der Waals surface area contributed by atoms with E-state index in [0.29, 0.717) is 0 Å². The maximum atomic E-state index is 13.0. The van der Waals surface area contributed by atoms with Gasteiger partial charge < -0.3 is 4.52 Å². The van der Waals surface area contributed by atoms with E-state index < -0.39 is 7.37 Å². The molecule has 0 saturated heterocycles. The summed E-state index contributed by atoms with van der Waals surface area (Å²) >= 11 is 1.59. The molecule has 1 aliphatic rings. The largest absolute Gasteiger partial charge is 0.321 e. The minimum absolute atomic E-state index is 0.0828. The van der Waals surface area contributed by atoms with Crippen LogP contribution < -0.4 is 5.30 Å². The molecule has 5 heteroatoms. The molecule has 1 aromatic carbocycles. The van der Waals surface area contributed by atoms with Gasteiger partial charge in [0.15, 0.2) is 0 Å². The molecule has 0 amide bonds. The molecule has 0 saturated carbocycles. The predicted molar refractivity (Wildman–Crippen MR) is 83.6 cm³/mol. The van der Waals surface area contributed by atoms with Crippen molar-refractivity contribution in [2.75, 3.05) is 6.29 Å². The van der Waals surface area contributed by atoms with Gasteiger partial charge in [0.2, 0.25) is 0 Å². The topological polar surface area (TPSA) is 38.7 Å². The Morgan fingerprint density at radius 2 is 2.11 bits per heavy atom. The Morgan fingerprint density at radius 3 is 2.68 bits per heavy atom. The van der Waals surface area contributed by atoms with Crippen LogP contribution in [0.4, 0.5) is 0 Å². The summed E-state index contributed by atoms with van der Waals surface area (Å²) in [7, 11) is -2.91. The first-order valence-electron chi connectivity index (χ1n) is 6.28. The van der Waals surface area contributed by atoms with E-state index in [-0.39, 0.29) is 12.4 Å². The highest BCUT2D eigenvalue weighted by Crippen LogP contribution is 2.47. The fourth-order valence-electron chi connectivity index (χ4n) is 1.77. The SMILES string of the molecule is CC(C)OP(=O)(C/N=C1/CC=CS1)c1ccccc1. The van der Waals surface area contributed by atoms with E-state index in [1.807, 2.05) is 49.6 Å². The van der Waals surface area contributed by atoms with Crippen LogP contribution in [0.2, 0.25) is 0 Å². The fourth-order valence-corrected chi connectivity index (χ4v) is 4.56. The van der Waals surface area contributed by atoms with Crippen molar-refractivity contribution in [2.24, 2.45) is 4.99 Å². The molecular formula is C14H18NO2PS. The molecule has 0 aromatic heterocycles. The Kier molecular flexibility index (Phi) is 5.03. The first kappa shape index (κ1) is 14.6. The molecule has 1 aromatic rings. The lowest BCUT2D eigenvalue weighted by Crippen LogP contribution is -2.13. The third-order valence-corrected chi connectivity index (χ3v) is 5.81. The van der Waals surface area contributed by atoms with Crippen LogP contribution in [0, 0.1) is 0 Å². The van der Waals surface area contributed by atoms with Crippen molar-refractivity contribution in [3.05, 3.63) is 41.8 Å². The van der Waals surface area contributed by atoms with Crippen molar-refractivity contribution in [2.45, 2.75) is 26.4 Å².